The van der Waals surface area contributed by atoms with Gasteiger partial charge in [-0.2, -0.15) is 0 Å². The normalized spacial score (nSPS) is 12.5. The van der Waals surface area contributed by atoms with Crippen molar-refractivity contribution in [3.63, 3.8) is 0 Å². The van der Waals surface area contributed by atoms with Crippen LogP contribution in [0, 0.1) is 0 Å². The molecule has 0 radical (unpaired) electrons. The lowest BCUT2D eigenvalue weighted by molar-refractivity contribution is 0.0747. The van der Waals surface area contributed by atoms with E-state index < -0.39 is 0 Å². The molecule has 4 heteroatoms. The Kier molecular flexibility index (Phi) is 3.32. The molecule has 1 atom stereocenters. The standard InChI is InChI=1S/C16H16N2OS/c1-11(15-8-5-9-20-15)18(2)16(19)13-10-17-14-7-4-3-6-12(13)14/h3-11,17H,1-2H3. The highest BCUT2D eigenvalue weighted by molar-refractivity contribution is 7.10. The van der Waals surface area contributed by atoms with E-state index in [9.17, 15) is 4.79 Å². The van der Waals surface area contributed by atoms with Gasteiger partial charge in [-0.1, -0.05) is 24.3 Å². The van der Waals surface area contributed by atoms with Gasteiger partial charge in [0.1, 0.15) is 0 Å². The number of aromatic nitrogens is 1. The third-order valence-electron chi connectivity index (χ3n) is 3.68. The molecule has 3 nitrogen and oxygen atoms in total. The molecule has 3 rings (SSSR count). The van der Waals surface area contributed by atoms with E-state index in [2.05, 4.69) is 18.0 Å². The summed E-state index contributed by atoms with van der Waals surface area (Å²) in [5, 5.41) is 3.01. The number of fused-ring (bicyclic) bond motifs is 1. The summed E-state index contributed by atoms with van der Waals surface area (Å²) in [6.07, 6.45) is 1.80. The predicted octanol–water partition coefficient (Wildman–Crippen LogP) is 4.06. The van der Waals surface area contributed by atoms with E-state index in [0.717, 1.165) is 16.5 Å². The van der Waals surface area contributed by atoms with Crippen molar-refractivity contribution in [2.75, 3.05) is 7.05 Å². The Morgan fingerprint density at radius 3 is 2.80 bits per heavy atom. The minimum Gasteiger partial charge on any atom is -0.360 e. The molecular weight excluding hydrogens is 268 g/mol. The van der Waals surface area contributed by atoms with Crippen molar-refractivity contribution in [2.24, 2.45) is 0 Å². The van der Waals surface area contributed by atoms with Crippen LogP contribution in [0.3, 0.4) is 0 Å². The van der Waals surface area contributed by atoms with E-state index in [1.165, 1.54) is 4.88 Å². The minimum atomic E-state index is 0.0448. The molecule has 3 aromatic rings. The first-order valence-corrected chi connectivity index (χ1v) is 7.43. The topological polar surface area (TPSA) is 36.1 Å². The van der Waals surface area contributed by atoms with Crippen LogP contribution in [0.4, 0.5) is 0 Å². The number of thiophene rings is 1. The van der Waals surface area contributed by atoms with Gasteiger partial charge in [0.15, 0.2) is 0 Å². The third kappa shape index (κ3) is 2.12. The number of carbonyl (C=O) groups is 1. The molecule has 102 valence electrons. The van der Waals surface area contributed by atoms with Crippen molar-refractivity contribution in [1.82, 2.24) is 9.88 Å². The maximum absolute atomic E-state index is 12.7. The zero-order valence-corrected chi connectivity index (χ0v) is 12.3. The molecule has 2 heterocycles. The lowest BCUT2D eigenvalue weighted by Gasteiger charge is -2.23. The van der Waals surface area contributed by atoms with E-state index in [1.54, 1.807) is 22.4 Å². The molecule has 1 N–H and O–H groups in total. The quantitative estimate of drug-likeness (QED) is 0.773. The number of hydrogen-bond donors (Lipinski definition) is 1. The second-order valence-electron chi connectivity index (χ2n) is 4.86. The van der Waals surface area contributed by atoms with E-state index in [4.69, 9.17) is 0 Å². The zero-order valence-electron chi connectivity index (χ0n) is 11.5. The number of aromatic amines is 1. The molecule has 2 aromatic heterocycles. The molecular formula is C16H16N2OS. The van der Waals surface area contributed by atoms with Gasteiger partial charge in [0.25, 0.3) is 5.91 Å². The van der Waals surface area contributed by atoms with Crippen LogP contribution in [0.25, 0.3) is 10.9 Å². The lowest BCUT2D eigenvalue weighted by Crippen LogP contribution is -2.29. The fraction of sp³-hybridized carbons (Fsp3) is 0.188. The smallest absolute Gasteiger partial charge is 0.256 e. The first kappa shape index (κ1) is 12.9. The zero-order chi connectivity index (χ0) is 14.1. The average molecular weight is 284 g/mol. The highest BCUT2D eigenvalue weighted by Crippen LogP contribution is 2.26. The molecule has 1 amide bonds. The van der Waals surface area contributed by atoms with Crippen LogP contribution < -0.4 is 0 Å². The van der Waals surface area contributed by atoms with E-state index in [0.29, 0.717) is 0 Å². The number of hydrogen-bond acceptors (Lipinski definition) is 2. The van der Waals surface area contributed by atoms with Gasteiger partial charge >= 0.3 is 0 Å². The Labute approximate surface area is 121 Å². The van der Waals surface area contributed by atoms with E-state index in [1.807, 2.05) is 42.8 Å². The second-order valence-corrected chi connectivity index (χ2v) is 5.83. The van der Waals surface area contributed by atoms with Crippen molar-refractivity contribution >= 4 is 28.1 Å². The number of rotatable bonds is 3. The number of nitrogens with zero attached hydrogens (tertiary/aromatic N) is 1. The highest BCUT2D eigenvalue weighted by Gasteiger charge is 2.21. The number of nitrogens with one attached hydrogen (secondary N) is 1. The average Bonchev–Trinajstić information content (AvgIpc) is 3.14. The Balaban J connectivity index is 1.92. The maximum Gasteiger partial charge on any atom is 0.256 e. The number of H-pyrrole nitrogens is 1. The largest absolute Gasteiger partial charge is 0.360 e. The number of benzene rings is 1. The summed E-state index contributed by atoms with van der Waals surface area (Å²) in [7, 11) is 1.86. The van der Waals surface area contributed by atoms with Gasteiger partial charge < -0.3 is 9.88 Å². The Morgan fingerprint density at radius 1 is 1.25 bits per heavy atom. The summed E-state index contributed by atoms with van der Waals surface area (Å²) in [5.74, 6) is 0.0448. The first-order valence-electron chi connectivity index (χ1n) is 6.55. The Morgan fingerprint density at radius 2 is 2.05 bits per heavy atom. The molecule has 0 bridgehead atoms. The molecule has 0 aliphatic rings. The first-order chi connectivity index (χ1) is 9.68. The van der Waals surface area contributed by atoms with Gasteiger partial charge in [0.2, 0.25) is 0 Å². The minimum absolute atomic E-state index is 0.0448. The van der Waals surface area contributed by atoms with Gasteiger partial charge in [-0.3, -0.25) is 4.79 Å². The van der Waals surface area contributed by atoms with Crippen LogP contribution in [-0.4, -0.2) is 22.8 Å². The fourth-order valence-corrected chi connectivity index (χ4v) is 3.16. The van der Waals surface area contributed by atoms with Crippen LogP contribution in [0.1, 0.15) is 28.2 Å². The molecule has 0 saturated carbocycles. The van der Waals surface area contributed by atoms with Gasteiger partial charge in [0, 0.05) is 29.0 Å². The van der Waals surface area contributed by atoms with Crippen LogP contribution in [0.2, 0.25) is 0 Å². The molecule has 0 aliphatic carbocycles. The van der Waals surface area contributed by atoms with Crippen molar-refractivity contribution in [3.8, 4) is 0 Å². The predicted molar refractivity (Wildman–Crippen MR) is 83.1 cm³/mol. The molecule has 0 fully saturated rings. The number of amides is 1. The van der Waals surface area contributed by atoms with Crippen molar-refractivity contribution in [3.05, 3.63) is 58.4 Å². The Bertz CT molecular complexity index is 730. The van der Waals surface area contributed by atoms with Gasteiger partial charge in [0.05, 0.1) is 11.6 Å². The van der Waals surface area contributed by atoms with Crippen molar-refractivity contribution in [2.45, 2.75) is 13.0 Å². The molecule has 20 heavy (non-hydrogen) atoms. The monoisotopic (exact) mass is 284 g/mol. The number of carbonyl (C=O) groups excluding carboxylic acids is 1. The van der Waals surface area contributed by atoms with Crippen molar-refractivity contribution in [1.29, 1.82) is 0 Å². The summed E-state index contributed by atoms with van der Waals surface area (Å²) in [6.45, 7) is 2.05. The summed E-state index contributed by atoms with van der Waals surface area (Å²) < 4.78 is 0. The highest BCUT2D eigenvalue weighted by atomic mass is 32.1. The lowest BCUT2D eigenvalue weighted by atomic mass is 10.1. The van der Waals surface area contributed by atoms with Crippen LogP contribution in [0.5, 0.6) is 0 Å². The van der Waals surface area contributed by atoms with E-state index >= 15 is 0 Å². The summed E-state index contributed by atoms with van der Waals surface area (Å²) in [5.41, 5.74) is 1.72. The van der Waals surface area contributed by atoms with Gasteiger partial charge in [-0.15, -0.1) is 11.3 Å². The second kappa shape index (κ2) is 5.13. The third-order valence-corrected chi connectivity index (χ3v) is 4.72. The fourth-order valence-electron chi connectivity index (χ4n) is 2.33. The maximum atomic E-state index is 12.7. The van der Waals surface area contributed by atoms with Crippen LogP contribution in [-0.2, 0) is 0 Å². The molecule has 0 saturated heterocycles. The van der Waals surface area contributed by atoms with E-state index in [-0.39, 0.29) is 11.9 Å². The molecule has 1 aromatic carbocycles. The van der Waals surface area contributed by atoms with Crippen LogP contribution >= 0.6 is 11.3 Å². The molecule has 1 unspecified atom stereocenters. The van der Waals surface area contributed by atoms with Crippen molar-refractivity contribution < 1.29 is 4.79 Å². The summed E-state index contributed by atoms with van der Waals surface area (Å²) >= 11 is 1.68. The summed E-state index contributed by atoms with van der Waals surface area (Å²) in [4.78, 5) is 18.8. The molecule has 0 aliphatic heterocycles. The van der Waals surface area contributed by atoms with Crippen LogP contribution in [0.15, 0.2) is 48.0 Å². The molecule has 0 spiro atoms. The van der Waals surface area contributed by atoms with Gasteiger partial charge in [-0.05, 0) is 24.4 Å². The number of para-hydroxylation sites is 1. The SMILES string of the molecule is CC(c1cccs1)N(C)C(=O)c1c[nH]c2ccccc12. The summed E-state index contributed by atoms with van der Waals surface area (Å²) in [6, 6.07) is 12.0. The van der Waals surface area contributed by atoms with Gasteiger partial charge in [-0.25, -0.2) is 0 Å². The Hall–Kier alpha value is -2.07.